The second-order valence-corrected chi connectivity index (χ2v) is 6.44. The van der Waals surface area contributed by atoms with Gasteiger partial charge in [0.15, 0.2) is 0 Å². The number of aromatic hydroxyl groups is 1. The molecule has 0 fully saturated rings. The standard InChI is InChI=1S/C20H28O3/c1-4-5-6-7-8-9-16-17-13-19(22)23-20(17)15(12-18(16)21)11-10-14(2)3/h8-10,12,19,21-22H,4-7,11,13H2,1-3H3/t19-/m0/s1. The van der Waals surface area contributed by atoms with Gasteiger partial charge in [0.25, 0.3) is 0 Å². The first-order valence-corrected chi connectivity index (χ1v) is 8.55. The fourth-order valence-corrected chi connectivity index (χ4v) is 2.85. The summed E-state index contributed by atoms with van der Waals surface area (Å²) in [6.45, 7) is 6.28. The van der Waals surface area contributed by atoms with E-state index in [1.807, 2.05) is 19.9 Å². The van der Waals surface area contributed by atoms with Crippen molar-refractivity contribution in [2.45, 2.75) is 65.6 Å². The quantitative estimate of drug-likeness (QED) is 0.564. The molecular weight excluding hydrogens is 288 g/mol. The maximum Gasteiger partial charge on any atom is 0.201 e. The Labute approximate surface area is 139 Å². The maximum absolute atomic E-state index is 10.4. The van der Waals surface area contributed by atoms with Crippen molar-refractivity contribution >= 4 is 6.08 Å². The molecule has 0 saturated carbocycles. The van der Waals surface area contributed by atoms with Crippen LogP contribution in [0.15, 0.2) is 23.8 Å². The van der Waals surface area contributed by atoms with Crippen molar-refractivity contribution < 1.29 is 14.9 Å². The summed E-state index contributed by atoms with van der Waals surface area (Å²) >= 11 is 0. The lowest BCUT2D eigenvalue weighted by molar-refractivity contribution is 0.00166. The molecule has 1 aliphatic rings. The molecule has 0 saturated heterocycles. The van der Waals surface area contributed by atoms with Crippen molar-refractivity contribution in [2.75, 3.05) is 0 Å². The van der Waals surface area contributed by atoms with Crippen molar-refractivity contribution in [3.63, 3.8) is 0 Å². The van der Waals surface area contributed by atoms with Gasteiger partial charge in [-0.15, -0.1) is 0 Å². The third-order valence-electron chi connectivity index (χ3n) is 4.10. The van der Waals surface area contributed by atoms with Crippen LogP contribution in [-0.2, 0) is 12.8 Å². The molecule has 0 amide bonds. The molecule has 0 bridgehead atoms. The highest BCUT2D eigenvalue weighted by atomic mass is 16.6. The van der Waals surface area contributed by atoms with Crippen molar-refractivity contribution in [3.05, 3.63) is 40.5 Å². The first-order valence-electron chi connectivity index (χ1n) is 8.55. The van der Waals surface area contributed by atoms with Gasteiger partial charge in [0, 0.05) is 23.1 Å². The van der Waals surface area contributed by atoms with E-state index < -0.39 is 6.29 Å². The largest absolute Gasteiger partial charge is 0.507 e. The van der Waals surface area contributed by atoms with Gasteiger partial charge < -0.3 is 14.9 Å². The molecule has 1 atom stereocenters. The Morgan fingerprint density at radius 1 is 1.35 bits per heavy atom. The lowest BCUT2D eigenvalue weighted by Gasteiger charge is -2.11. The fraction of sp³-hybridized carbons (Fsp3) is 0.500. The summed E-state index contributed by atoms with van der Waals surface area (Å²) in [6.07, 6.45) is 11.1. The minimum absolute atomic E-state index is 0.269. The van der Waals surface area contributed by atoms with Gasteiger partial charge in [0.1, 0.15) is 11.5 Å². The third-order valence-corrected chi connectivity index (χ3v) is 4.10. The van der Waals surface area contributed by atoms with E-state index in [2.05, 4.69) is 19.1 Å². The monoisotopic (exact) mass is 316 g/mol. The van der Waals surface area contributed by atoms with Crippen LogP contribution in [0.3, 0.4) is 0 Å². The van der Waals surface area contributed by atoms with E-state index in [0.29, 0.717) is 12.8 Å². The van der Waals surface area contributed by atoms with E-state index in [1.54, 1.807) is 6.07 Å². The second kappa shape index (κ2) is 8.21. The number of aliphatic hydroxyl groups is 1. The smallest absolute Gasteiger partial charge is 0.201 e. The van der Waals surface area contributed by atoms with Gasteiger partial charge >= 0.3 is 0 Å². The topological polar surface area (TPSA) is 49.7 Å². The fourth-order valence-electron chi connectivity index (χ4n) is 2.85. The van der Waals surface area contributed by atoms with Crippen molar-refractivity contribution in [1.82, 2.24) is 0 Å². The van der Waals surface area contributed by atoms with Crippen molar-refractivity contribution in [1.29, 1.82) is 0 Å². The van der Waals surface area contributed by atoms with Gasteiger partial charge in [0.2, 0.25) is 6.29 Å². The molecular formula is C20H28O3. The summed E-state index contributed by atoms with van der Waals surface area (Å²) in [4.78, 5) is 0. The highest BCUT2D eigenvalue weighted by molar-refractivity contribution is 5.68. The van der Waals surface area contributed by atoms with E-state index in [9.17, 15) is 10.2 Å². The van der Waals surface area contributed by atoms with Crippen LogP contribution in [0.25, 0.3) is 6.08 Å². The average Bonchev–Trinajstić information content (AvgIpc) is 2.88. The number of hydrogen-bond donors (Lipinski definition) is 2. The Bertz CT molecular complexity index is 595. The molecule has 126 valence electrons. The number of allylic oxidation sites excluding steroid dienone is 3. The SMILES string of the molecule is CCCCCC=Cc1c(O)cc(CC=C(C)C)c2c1C[C@@H](O)O2. The minimum atomic E-state index is -0.815. The molecule has 1 aromatic carbocycles. The molecule has 2 rings (SSSR count). The number of unbranched alkanes of at least 4 members (excludes halogenated alkanes) is 3. The lowest BCUT2D eigenvalue weighted by Crippen LogP contribution is -2.10. The molecule has 1 aromatic rings. The summed E-state index contributed by atoms with van der Waals surface area (Å²) in [5, 5.41) is 20.3. The predicted molar refractivity (Wildman–Crippen MR) is 94.8 cm³/mol. The minimum Gasteiger partial charge on any atom is -0.507 e. The zero-order chi connectivity index (χ0) is 16.8. The van der Waals surface area contributed by atoms with Gasteiger partial charge in [-0.3, -0.25) is 0 Å². The molecule has 0 unspecified atom stereocenters. The molecule has 3 heteroatoms. The number of benzene rings is 1. The molecule has 1 aliphatic heterocycles. The first kappa shape index (κ1) is 17.6. The van der Waals surface area contributed by atoms with E-state index in [1.165, 1.54) is 18.4 Å². The highest BCUT2D eigenvalue weighted by Crippen LogP contribution is 2.40. The van der Waals surface area contributed by atoms with Crippen molar-refractivity contribution in [2.24, 2.45) is 0 Å². The van der Waals surface area contributed by atoms with Crippen LogP contribution < -0.4 is 4.74 Å². The van der Waals surface area contributed by atoms with Crippen LogP contribution in [0.5, 0.6) is 11.5 Å². The number of ether oxygens (including phenoxy) is 1. The zero-order valence-electron chi connectivity index (χ0n) is 14.4. The lowest BCUT2D eigenvalue weighted by atomic mass is 9.97. The number of aliphatic hydroxyl groups excluding tert-OH is 1. The Morgan fingerprint density at radius 2 is 2.13 bits per heavy atom. The van der Waals surface area contributed by atoms with Crippen LogP contribution in [-0.4, -0.2) is 16.5 Å². The highest BCUT2D eigenvalue weighted by Gasteiger charge is 2.27. The summed E-state index contributed by atoms with van der Waals surface area (Å²) < 4.78 is 5.59. The third kappa shape index (κ3) is 4.61. The molecule has 3 nitrogen and oxygen atoms in total. The second-order valence-electron chi connectivity index (χ2n) is 6.44. The van der Waals surface area contributed by atoms with Crippen LogP contribution in [0.2, 0.25) is 0 Å². The Kier molecular flexibility index (Phi) is 6.28. The van der Waals surface area contributed by atoms with Gasteiger partial charge in [0.05, 0.1) is 0 Å². The van der Waals surface area contributed by atoms with Crippen LogP contribution >= 0.6 is 0 Å². The van der Waals surface area contributed by atoms with E-state index in [0.717, 1.165) is 35.3 Å². The van der Waals surface area contributed by atoms with Crippen LogP contribution in [0.4, 0.5) is 0 Å². The molecule has 0 aromatic heterocycles. The molecule has 2 N–H and O–H groups in total. The van der Waals surface area contributed by atoms with Gasteiger partial charge in [-0.25, -0.2) is 0 Å². The zero-order valence-corrected chi connectivity index (χ0v) is 14.4. The summed E-state index contributed by atoms with van der Waals surface area (Å²) in [5.41, 5.74) is 3.85. The Hall–Kier alpha value is -1.74. The number of fused-ring (bicyclic) bond motifs is 1. The number of phenols is 1. The molecule has 23 heavy (non-hydrogen) atoms. The molecule has 0 aliphatic carbocycles. The summed E-state index contributed by atoms with van der Waals surface area (Å²) in [7, 11) is 0. The van der Waals surface area contributed by atoms with Gasteiger partial charge in [-0.2, -0.15) is 0 Å². The normalized spacial score (nSPS) is 16.4. The maximum atomic E-state index is 10.4. The Balaban J connectivity index is 2.27. The summed E-state index contributed by atoms with van der Waals surface area (Å²) in [5.74, 6) is 1.01. The van der Waals surface area contributed by atoms with Gasteiger partial charge in [-0.1, -0.05) is 43.6 Å². The van der Waals surface area contributed by atoms with E-state index in [4.69, 9.17) is 4.74 Å². The average molecular weight is 316 g/mol. The molecule has 0 radical (unpaired) electrons. The number of rotatable bonds is 7. The van der Waals surface area contributed by atoms with Crippen LogP contribution in [0, 0.1) is 0 Å². The van der Waals surface area contributed by atoms with E-state index >= 15 is 0 Å². The van der Waals surface area contributed by atoms with Gasteiger partial charge in [-0.05, 0) is 39.2 Å². The summed E-state index contributed by atoms with van der Waals surface area (Å²) in [6, 6.07) is 1.77. The molecule has 1 heterocycles. The molecule has 0 spiro atoms. The number of hydrogen-bond acceptors (Lipinski definition) is 3. The van der Waals surface area contributed by atoms with Crippen LogP contribution in [0.1, 0.15) is 63.1 Å². The number of phenolic OH excluding ortho intramolecular Hbond substituents is 1. The predicted octanol–water partition coefficient (Wildman–Crippen LogP) is 4.75. The van der Waals surface area contributed by atoms with E-state index in [-0.39, 0.29) is 5.75 Å². The first-order chi connectivity index (χ1) is 11.0. The van der Waals surface area contributed by atoms with Crippen molar-refractivity contribution in [3.8, 4) is 11.5 Å². The Morgan fingerprint density at radius 3 is 2.83 bits per heavy atom.